The Kier molecular flexibility index (Phi) is 6.44. The Hall–Kier alpha value is 0.0500. The van der Waals surface area contributed by atoms with Gasteiger partial charge in [-0.15, -0.1) is 0 Å². The van der Waals surface area contributed by atoms with Crippen LogP contribution in [-0.2, 0) is 10.0 Å². The van der Waals surface area contributed by atoms with Crippen LogP contribution in [0.5, 0.6) is 0 Å². The maximum atomic E-state index is 12.5. The van der Waals surface area contributed by atoms with E-state index in [4.69, 9.17) is 0 Å². The zero-order chi connectivity index (χ0) is 16.4. The van der Waals surface area contributed by atoms with Crippen molar-refractivity contribution >= 4 is 41.9 Å². The molecule has 1 N–H and O–H groups in total. The molecule has 0 atom stereocenters. The van der Waals surface area contributed by atoms with Crippen molar-refractivity contribution in [2.24, 2.45) is 5.41 Å². The third-order valence-electron chi connectivity index (χ3n) is 2.99. The molecule has 0 aliphatic carbocycles. The molecule has 120 valence electrons. The minimum Gasteiger partial charge on any atom is -0.309 e. The molecule has 4 nitrogen and oxygen atoms in total. The minimum absolute atomic E-state index is 0.148. The first kappa shape index (κ1) is 19.1. The second-order valence-corrected chi connectivity index (χ2v) is 9.70. The average Bonchev–Trinajstić information content (AvgIpc) is 2.30. The van der Waals surface area contributed by atoms with E-state index in [2.05, 4.69) is 36.6 Å². The van der Waals surface area contributed by atoms with Gasteiger partial charge in [-0.2, -0.15) is 0 Å². The lowest BCUT2D eigenvalue weighted by Gasteiger charge is -2.28. The van der Waals surface area contributed by atoms with Crippen LogP contribution in [0.25, 0.3) is 0 Å². The fraction of sp³-hybridized carbons (Fsp3) is 0.571. The van der Waals surface area contributed by atoms with E-state index in [-0.39, 0.29) is 10.3 Å². The fourth-order valence-corrected chi connectivity index (χ4v) is 5.03. The zero-order valence-electron chi connectivity index (χ0n) is 13.0. The van der Waals surface area contributed by atoms with Gasteiger partial charge in [0.05, 0.1) is 4.90 Å². The molecule has 0 heterocycles. The summed E-state index contributed by atoms with van der Waals surface area (Å²) in [6.45, 7) is 7.17. The number of rotatable bonds is 6. The van der Waals surface area contributed by atoms with Gasteiger partial charge in [0, 0.05) is 22.0 Å². The molecule has 7 heteroatoms. The molecule has 0 saturated carbocycles. The predicted molar refractivity (Wildman–Crippen MR) is 94.1 cm³/mol. The monoisotopic (exact) mass is 440 g/mol. The van der Waals surface area contributed by atoms with Gasteiger partial charge in [-0.25, -0.2) is 13.1 Å². The number of sulfonamides is 1. The van der Waals surface area contributed by atoms with E-state index in [1.807, 2.05) is 39.8 Å². The van der Waals surface area contributed by atoms with Crippen molar-refractivity contribution in [2.45, 2.75) is 25.7 Å². The lowest BCUT2D eigenvalue weighted by Crippen LogP contribution is -2.40. The van der Waals surface area contributed by atoms with Gasteiger partial charge in [-0.1, -0.05) is 29.8 Å². The van der Waals surface area contributed by atoms with Crippen molar-refractivity contribution in [3.63, 3.8) is 0 Å². The fourth-order valence-electron chi connectivity index (χ4n) is 2.11. The molecular weight excluding hydrogens is 420 g/mol. The second-order valence-electron chi connectivity index (χ2n) is 6.26. The highest BCUT2D eigenvalue weighted by molar-refractivity contribution is 9.11. The van der Waals surface area contributed by atoms with E-state index in [9.17, 15) is 8.42 Å². The second kappa shape index (κ2) is 7.08. The molecule has 0 unspecified atom stereocenters. The van der Waals surface area contributed by atoms with Crippen molar-refractivity contribution in [3.05, 3.63) is 26.6 Å². The van der Waals surface area contributed by atoms with Gasteiger partial charge < -0.3 is 4.90 Å². The van der Waals surface area contributed by atoms with Gasteiger partial charge in [0.2, 0.25) is 10.0 Å². The van der Waals surface area contributed by atoms with Crippen LogP contribution in [0.3, 0.4) is 0 Å². The van der Waals surface area contributed by atoms with Crippen LogP contribution in [0, 0.1) is 12.3 Å². The average molecular weight is 442 g/mol. The molecule has 0 saturated heterocycles. The van der Waals surface area contributed by atoms with Gasteiger partial charge >= 0.3 is 0 Å². The van der Waals surface area contributed by atoms with E-state index in [0.29, 0.717) is 11.0 Å². The van der Waals surface area contributed by atoms with Gasteiger partial charge in [0.15, 0.2) is 0 Å². The van der Waals surface area contributed by atoms with Gasteiger partial charge in [0.25, 0.3) is 0 Å². The highest BCUT2D eigenvalue weighted by atomic mass is 79.9. The van der Waals surface area contributed by atoms with E-state index < -0.39 is 10.0 Å². The Balaban J connectivity index is 2.95. The SMILES string of the molecule is Cc1cc(Br)c(S(=O)(=O)NCC(C)(C)CN(C)C)cc1Br. The van der Waals surface area contributed by atoms with Crippen LogP contribution in [0.15, 0.2) is 26.0 Å². The third-order valence-corrected chi connectivity index (χ3v) is 6.20. The highest BCUT2D eigenvalue weighted by Crippen LogP contribution is 2.29. The summed E-state index contributed by atoms with van der Waals surface area (Å²) < 4.78 is 29.0. The zero-order valence-corrected chi connectivity index (χ0v) is 17.0. The Morgan fingerprint density at radius 3 is 2.29 bits per heavy atom. The molecule has 1 aromatic carbocycles. The van der Waals surface area contributed by atoms with Crippen molar-refractivity contribution in [1.82, 2.24) is 9.62 Å². The molecule has 0 radical (unpaired) electrons. The third kappa shape index (κ3) is 5.63. The number of hydrogen-bond donors (Lipinski definition) is 1. The van der Waals surface area contributed by atoms with Crippen LogP contribution < -0.4 is 4.72 Å². The first-order valence-electron chi connectivity index (χ1n) is 6.55. The number of nitrogens with one attached hydrogen (secondary N) is 1. The smallest absolute Gasteiger partial charge is 0.241 e. The molecule has 0 aromatic heterocycles. The molecule has 0 fully saturated rings. The molecule has 0 bridgehead atoms. The summed E-state index contributed by atoms with van der Waals surface area (Å²) in [5.41, 5.74) is 0.832. The Morgan fingerprint density at radius 2 is 1.76 bits per heavy atom. The molecule has 21 heavy (non-hydrogen) atoms. The van der Waals surface area contributed by atoms with Crippen LogP contribution in [0.4, 0.5) is 0 Å². The van der Waals surface area contributed by atoms with Crippen molar-refractivity contribution in [2.75, 3.05) is 27.2 Å². The molecule has 1 rings (SSSR count). The van der Waals surface area contributed by atoms with Crippen LogP contribution >= 0.6 is 31.9 Å². The molecular formula is C14H22Br2N2O2S. The highest BCUT2D eigenvalue weighted by Gasteiger charge is 2.24. The molecule has 1 aromatic rings. The molecule has 0 aliphatic rings. The molecule has 0 aliphatic heterocycles. The number of nitrogens with zero attached hydrogens (tertiary/aromatic N) is 1. The summed E-state index contributed by atoms with van der Waals surface area (Å²) in [6, 6.07) is 3.42. The summed E-state index contributed by atoms with van der Waals surface area (Å²) in [4.78, 5) is 2.30. The van der Waals surface area contributed by atoms with Crippen LogP contribution in [-0.4, -0.2) is 40.5 Å². The van der Waals surface area contributed by atoms with Gasteiger partial charge in [0.1, 0.15) is 0 Å². The Labute approximate surface area is 144 Å². The van der Waals surface area contributed by atoms with Crippen molar-refractivity contribution in [1.29, 1.82) is 0 Å². The lowest BCUT2D eigenvalue weighted by atomic mass is 9.93. The van der Waals surface area contributed by atoms with Crippen molar-refractivity contribution < 1.29 is 8.42 Å². The number of benzene rings is 1. The Bertz CT molecular complexity index is 614. The normalized spacial score (nSPS) is 13.0. The van der Waals surface area contributed by atoms with Crippen LogP contribution in [0.2, 0.25) is 0 Å². The largest absolute Gasteiger partial charge is 0.309 e. The van der Waals surface area contributed by atoms with Crippen molar-refractivity contribution in [3.8, 4) is 0 Å². The Morgan fingerprint density at radius 1 is 1.19 bits per heavy atom. The molecule has 0 spiro atoms. The number of hydrogen-bond acceptors (Lipinski definition) is 3. The summed E-state index contributed by atoms with van der Waals surface area (Å²) in [5, 5.41) is 0. The van der Waals surface area contributed by atoms with E-state index >= 15 is 0 Å². The first-order valence-corrected chi connectivity index (χ1v) is 9.61. The van der Waals surface area contributed by atoms with E-state index in [1.54, 1.807) is 12.1 Å². The summed E-state index contributed by atoms with van der Waals surface area (Å²) >= 11 is 6.71. The standard InChI is InChI=1S/C14H22Br2N2O2S/c1-10-6-12(16)13(7-11(10)15)21(19,20)17-8-14(2,3)9-18(4)5/h6-7,17H,8-9H2,1-5H3. The molecule has 0 amide bonds. The maximum Gasteiger partial charge on any atom is 0.241 e. The quantitative estimate of drug-likeness (QED) is 0.735. The number of aryl methyl sites for hydroxylation is 1. The summed E-state index contributed by atoms with van der Waals surface area (Å²) in [6.07, 6.45) is 0. The van der Waals surface area contributed by atoms with E-state index in [1.165, 1.54) is 0 Å². The topological polar surface area (TPSA) is 49.4 Å². The van der Waals surface area contributed by atoms with Gasteiger partial charge in [-0.3, -0.25) is 0 Å². The van der Waals surface area contributed by atoms with Gasteiger partial charge in [-0.05, 0) is 60.1 Å². The predicted octanol–water partition coefficient (Wildman–Crippen LogP) is 3.39. The maximum absolute atomic E-state index is 12.5. The number of halogens is 2. The summed E-state index contributed by atoms with van der Waals surface area (Å²) in [5.74, 6) is 0. The first-order chi connectivity index (χ1) is 9.44. The summed E-state index contributed by atoms with van der Waals surface area (Å²) in [7, 11) is 0.408. The van der Waals surface area contributed by atoms with Crippen LogP contribution in [0.1, 0.15) is 19.4 Å². The van der Waals surface area contributed by atoms with E-state index in [0.717, 1.165) is 16.6 Å². The minimum atomic E-state index is -3.54. The lowest BCUT2D eigenvalue weighted by molar-refractivity contribution is 0.242.